The van der Waals surface area contributed by atoms with Crippen LogP contribution >= 0.6 is 15.9 Å². The highest BCUT2D eigenvalue weighted by molar-refractivity contribution is 9.10. The number of halogens is 1. The smallest absolute Gasteiger partial charge is 0.0415 e. The molecule has 0 spiro atoms. The van der Waals surface area contributed by atoms with E-state index in [9.17, 15) is 0 Å². The highest BCUT2D eigenvalue weighted by Gasteiger charge is 2.25. The topological polar surface area (TPSA) is 15.3 Å². The molecule has 0 amide bonds. The first-order valence-corrected chi connectivity index (χ1v) is 8.60. The maximum absolute atomic E-state index is 3.60. The fourth-order valence-electron chi connectivity index (χ4n) is 3.22. The van der Waals surface area contributed by atoms with Crippen molar-refractivity contribution in [3.05, 3.63) is 28.2 Å². The quantitative estimate of drug-likeness (QED) is 0.816. The lowest BCUT2D eigenvalue weighted by Crippen LogP contribution is -2.37. The number of nitrogens with zero attached hydrogens (tertiary/aromatic N) is 1. The van der Waals surface area contributed by atoms with Crippen LogP contribution in [-0.2, 0) is 6.54 Å². The van der Waals surface area contributed by atoms with Crippen LogP contribution in [0, 0.1) is 5.92 Å². The maximum Gasteiger partial charge on any atom is 0.0415 e. The lowest BCUT2D eigenvalue weighted by molar-refractivity contribution is 0.533. The van der Waals surface area contributed by atoms with E-state index < -0.39 is 0 Å². The minimum Gasteiger partial charge on any atom is -0.368 e. The third-order valence-corrected chi connectivity index (χ3v) is 4.54. The average Bonchev–Trinajstić information content (AvgIpc) is 2.90. The van der Waals surface area contributed by atoms with E-state index in [0.717, 1.165) is 19.1 Å². The van der Waals surface area contributed by atoms with Crippen LogP contribution in [0.1, 0.15) is 45.1 Å². The summed E-state index contributed by atoms with van der Waals surface area (Å²) < 4.78 is 1.17. The van der Waals surface area contributed by atoms with Crippen molar-refractivity contribution in [2.45, 2.75) is 52.1 Å². The van der Waals surface area contributed by atoms with Crippen LogP contribution in [0.4, 0.5) is 5.69 Å². The first-order chi connectivity index (χ1) is 9.61. The molecule has 0 unspecified atom stereocenters. The van der Waals surface area contributed by atoms with Crippen molar-refractivity contribution in [2.24, 2.45) is 5.92 Å². The molecule has 0 aliphatic heterocycles. The van der Waals surface area contributed by atoms with Crippen LogP contribution in [0.2, 0.25) is 0 Å². The fraction of sp³-hybridized carbons (Fsp3) is 0.647. The molecule has 20 heavy (non-hydrogen) atoms. The Hall–Kier alpha value is -0.540. The van der Waals surface area contributed by atoms with Gasteiger partial charge in [0.2, 0.25) is 0 Å². The van der Waals surface area contributed by atoms with E-state index in [0.29, 0.717) is 5.92 Å². The van der Waals surface area contributed by atoms with Gasteiger partial charge >= 0.3 is 0 Å². The second-order valence-electron chi connectivity index (χ2n) is 6.29. The molecule has 1 fully saturated rings. The van der Waals surface area contributed by atoms with Gasteiger partial charge in [0.15, 0.2) is 0 Å². The zero-order chi connectivity index (χ0) is 14.5. The van der Waals surface area contributed by atoms with E-state index in [4.69, 9.17) is 0 Å². The van der Waals surface area contributed by atoms with Crippen LogP contribution in [0.15, 0.2) is 22.7 Å². The van der Waals surface area contributed by atoms with Gasteiger partial charge in [0, 0.05) is 29.3 Å². The molecule has 1 N–H and O–H groups in total. The molecule has 2 nitrogen and oxygen atoms in total. The van der Waals surface area contributed by atoms with Crippen LogP contribution < -0.4 is 10.2 Å². The summed E-state index contributed by atoms with van der Waals surface area (Å²) in [7, 11) is 2.02. The maximum atomic E-state index is 3.60. The van der Waals surface area contributed by atoms with Gasteiger partial charge in [-0.2, -0.15) is 0 Å². The molecule has 1 aromatic carbocycles. The number of hydrogen-bond acceptors (Lipinski definition) is 2. The minimum atomic E-state index is 0.696. The second kappa shape index (κ2) is 7.46. The van der Waals surface area contributed by atoms with E-state index in [-0.39, 0.29) is 0 Å². The largest absolute Gasteiger partial charge is 0.368 e. The van der Waals surface area contributed by atoms with E-state index >= 15 is 0 Å². The van der Waals surface area contributed by atoms with E-state index in [1.807, 2.05) is 7.05 Å². The molecule has 2 rings (SSSR count). The van der Waals surface area contributed by atoms with Gasteiger partial charge in [0.05, 0.1) is 0 Å². The van der Waals surface area contributed by atoms with E-state index in [1.165, 1.54) is 41.4 Å². The summed E-state index contributed by atoms with van der Waals surface area (Å²) in [4.78, 5) is 2.66. The van der Waals surface area contributed by atoms with Crippen molar-refractivity contribution in [1.82, 2.24) is 5.32 Å². The molecule has 0 atom stereocenters. The zero-order valence-electron chi connectivity index (χ0n) is 13.0. The highest BCUT2D eigenvalue weighted by atomic mass is 79.9. The average molecular weight is 339 g/mol. The monoisotopic (exact) mass is 338 g/mol. The van der Waals surface area contributed by atoms with Crippen LogP contribution in [0.5, 0.6) is 0 Å². The first-order valence-electron chi connectivity index (χ1n) is 7.81. The molecule has 3 heteroatoms. The summed E-state index contributed by atoms with van der Waals surface area (Å²) in [6.45, 7) is 6.72. The minimum absolute atomic E-state index is 0.696. The summed E-state index contributed by atoms with van der Waals surface area (Å²) in [5.41, 5.74) is 2.82. The summed E-state index contributed by atoms with van der Waals surface area (Å²) in [6.07, 6.45) is 5.47. The number of anilines is 1. The highest BCUT2D eigenvalue weighted by Crippen LogP contribution is 2.32. The Balaban J connectivity index is 2.31. The Morgan fingerprint density at radius 3 is 2.60 bits per heavy atom. The third kappa shape index (κ3) is 3.98. The summed E-state index contributed by atoms with van der Waals surface area (Å²) >= 11 is 3.60. The number of hydrogen-bond donors (Lipinski definition) is 1. The Morgan fingerprint density at radius 1 is 1.30 bits per heavy atom. The Morgan fingerprint density at radius 2 is 2.00 bits per heavy atom. The van der Waals surface area contributed by atoms with Crippen LogP contribution in [-0.4, -0.2) is 19.6 Å². The Labute approximate surface area is 132 Å². The van der Waals surface area contributed by atoms with Crippen molar-refractivity contribution >= 4 is 21.6 Å². The Bertz CT molecular complexity index is 425. The predicted octanol–water partition coefficient (Wildman–Crippen LogP) is 4.57. The molecule has 0 heterocycles. The summed E-state index contributed by atoms with van der Waals surface area (Å²) in [5, 5.41) is 3.30. The van der Waals surface area contributed by atoms with Gasteiger partial charge in [-0.3, -0.25) is 0 Å². The Kier molecular flexibility index (Phi) is 5.91. The standard InChI is InChI=1S/C17H27BrN2/c1-13(2)12-20(16-6-4-5-7-16)17-9-8-15(18)10-14(17)11-19-3/h8-10,13,16,19H,4-7,11-12H2,1-3H3. The van der Waals surface area contributed by atoms with Gasteiger partial charge in [-0.1, -0.05) is 42.6 Å². The van der Waals surface area contributed by atoms with Gasteiger partial charge in [-0.15, -0.1) is 0 Å². The molecule has 112 valence electrons. The summed E-state index contributed by atoms with van der Waals surface area (Å²) in [5.74, 6) is 0.696. The number of rotatable bonds is 6. The van der Waals surface area contributed by atoms with Gasteiger partial charge in [-0.05, 0) is 49.6 Å². The number of nitrogens with one attached hydrogen (secondary N) is 1. The molecule has 1 aliphatic rings. The van der Waals surface area contributed by atoms with E-state index in [1.54, 1.807) is 0 Å². The molecule has 0 aromatic heterocycles. The SMILES string of the molecule is CNCc1cc(Br)ccc1N(CC(C)C)C1CCCC1. The van der Waals surface area contributed by atoms with Crippen molar-refractivity contribution in [1.29, 1.82) is 0 Å². The zero-order valence-corrected chi connectivity index (χ0v) is 14.5. The van der Waals surface area contributed by atoms with Gasteiger partial charge in [0.25, 0.3) is 0 Å². The predicted molar refractivity (Wildman–Crippen MR) is 91.3 cm³/mol. The van der Waals surface area contributed by atoms with Crippen molar-refractivity contribution in [2.75, 3.05) is 18.5 Å². The van der Waals surface area contributed by atoms with E-state index in [2.05, 4.69) is 58.2 Å². The van der Waals surface area contributed by atoms with Gasteiger partial charge in [0.1, 0.15) is 0 Å². The van der Waals surface area contributed by atoms with Gasteiger partial charge < -0.3 is 10.2 Å². The molecule has 0 saturated heterocycles. The van der Waals surface area contributed by atoms with Crippen molar-refractivity contribution < 1.29 is 0 Å². The number of benzene rings is 1. The van der Waals surface area contributed by atoms with Crippen LogP contribution in [0.25, 0.3) is 0 Å². The van der Waals surface area contributed by atoms with Crippen molar-refractivity contribution in [3.8, 4) is 0 Å². The molecule has 0 bridgehead atoms. The third-order valence-electron chi connectivity index (χ3n) is 4.05. The molecular formula is C17H27BrN2. The van der Waals surface area contributed by atoms with Crippen LogP contribution in [0.3, 0.4) is 0 Å². The molecule has 1 aromatic rings. The lowest BCUT2D eigenvalue weighted by atomic mass is 10.1. The second-order valence-corrected chi connectivity index (χ2v) is 7.20. The fourth-order valence-corrected chi connectivity index (χ4v) is 3.63. The molecular weight excluding hydrogens is 312 g/mol. The first kappa shape index (κ1) is 15.8. The van der Waals surface area contributed by atoms with Gasteiger partial charge in [-0.25, -0.2) is 0 Å². The lowest BCUT2D eigenvalue weighted by Gasteiger charge is -2.34. The normalized spacial score (nSPS) is 16.1. The van der Waals surface area contributed by atoms with Crippen molar-refractivity contribution in [3.63, 3.8) is 0 Å². The molecule has 1 aliphatic carbocycles. The molecule has 1 saturated carbocycles. The summed E-state index contributed by atoms with van der Waals surface area (Å²) in [6, 6.07) is 7.46. The molecule has 0 radical (unpaired) electrons.